The third-order valence-corrected chi connectivity index (χ3v) is 3.16. The summed E-state index contributed by atoms with van der Waals surface area (Å²) in [4.78, 5) is 6.62. The third kappa shape index (κ3) is 3.05. The first-order valence-corrected chi connectivity index (χ1v) is 6.66. The molecule has 106 valence electrons. The molecule has 1 aromatic heterocycles. The van der Waals surface area contributed by atoms with Crippen LogP contribution in [0.4, 0.5) is 5.82 Å². The van der Waals surface area contributed by atoms with Crippen LogP contribution in [0.5, 0.6) is 0 Å². The summed E-state index contributed by atoms with van der Waals surface area (Å²) in [5.41, 5.74) is 7.25. The van der Waals surface area contributed by atoms with Crippen LogP contribution in [0.3, 0.4) is 0 Å². The second-order valence-electron chi connectivity index (χ2n) is 4.58. The summed E-state index contributed by atoms with van der Waals surface area (Å²) in [6.45, 7) is 4.08. The van der Waals surface area contributed by atoms with Crippen LogP contribution < -0.4 is 10.6 Å². The number of amidine groups is 1. The van der Waals surface area contributed by atoms with Crippen molar-refractivity contribution in [1.82, 2.24) is 4.98 Å². The van der Waals surface area contributed by atoms with Crippen LogP contribution >= 0.6 is 0 Å². The number of ether oxygens (including phenoxy) is 1. The zero-order valence-corrected chi connectivity index (χ0v) is 11.9. The summed E-state index contributed by atoms with van der Waals surface area (Å²) in [6, 6.07) is 9.58. The smallest absolute Gasteiger partial charge is 0.129 e. The quantitative estimate of drug-likeness (QED) is 0.479. The number of hydrogen-bond donors (Lipinski definition) is 2. The van der Waals surface area contributed by atoms with E-state index >= 15 is 0 Å². The maximum absolute atomic E-state index is 7.73. The number of nitrogens with one attached hydrogen (secondary N) is 1. The Labute approximate surface area is 118 Å². The third-order valence-electron chi connectivity index (χ3n) is 3.16. The molecule has 0 saturated heterocycles. The van der Waals surface area contributed by atoms with Crippen molar-refractivity contribution >= 4 is 22.6 Å². The van der Waals surface area contributed by atoms with Crippen molar-refractivity contribution in [2.24, 2.45) is 5.73 Å². The molecule has 2 aromatic rings. The summed E-state index contributed by atoms with van der Waals surface area (Å²) in [5, 5.41) is 8.63. The second kappa shape index (κ2) is 6.34. The lowest BCUT2D eigenvalue weighted by molar-refractivity contribution is 0.154. The number of aromatic nitrogens is 1. The van der Waals surface area contributed by atoms with Gasteiger partial charge in [-0.15, -0.1) is 0 Å². The van der Waals surface area contributed by atoms with Gasteiger partial charge in [0, 0.05) is 31.1 Å². The lowest BCUT2D eigenvalue weighted by Crippen LogP contribution is -2.24. The highest BCUT2D eigenvalue weighted by Gasteiger charge is 2.10. The summed E-state index contributed by atoms with van der Waals surface area (Å²) < 4.78 is 5.35. The van der Waals surface area contributed by atoms with Crippen molar-refractivity contribution in [1.29, 1.82) is 5.41 Å². The number of nitrogen functional groups attached to an aromatic ring is 1. The monoisotopic (exact) mass is 272 g/mol. The van der Waals surface area contributed by atoms with Gasteiger partial charge in [0.05, 0.1) is 12.1 Å². The van der Waals surface area contributed by atoms with Gasteiger partial charge in [-0.25, -0.2) is 4.98 Å². The summed E-state index contributed by atoms with van der Waals surface area (Å²) >= 11 is 0. The van der Waals surface area contributed by atoms with E-state index in [-0.39, 0.29) is 5.84 Å². The van der Waals surface area contributed by atoms with E-state index in [2.05, 4.69) is 4.98 Å². The minimum atomic E-state index is 0.0584. The fraction of sp³-hybridized carbons (Fsp3) is 0.333. The fourth-order valence-electron chi connectivity index (χ4n) is 2.04. The van der Waals surface area contributed by atoms with Crippen molar-refractivity contribution in [3.8, 4) is 0 Å². The number of pyridine rings is 1. The van der Waals surface area contributed by atoms with Crippen molar-refractivity contribution in [2.45, 2.75) is 6.92 Å². The van der Waals surface area contributed by atoms with Gasteiger partial charge < -0.3 is 15.4 Å². The molecule has 0 aliphatic carbocycles. The number of nitrogens with two attached hydrogens (primary N) is 1. The Morgan fingerprint density at radius 2 is 2.15 bits per heavy atom. The zero-order chi connectivity index (χ0) is 14.5. The molecule has 0 atom stereocenters. The van der Waals surface area contributed by atoms with E-state index < -0.39 is 0 Å². The molecule has 0 spiro atoms. The number of benzene rings is 1. The predicted octanol–water partition coefficient (Wildman–Crippen LogP) is 1.99. The largest absolute Gasteiger partial charge is 0.384 e. The van der Waals surface area contributed by atoms with Crippen molar-refractivity contribution in [2.75, 3.05) is 31.7 Å². The number of nitrogens with zero attached hydrogens (tertiary/aromatic N) is 2. The minimum Gasteiger partial charge on any atom is -0.384 e. The van der Waals surface area contributed by atoms with Gasteiger partial charge in [-0.05, 0) is 19.1 Å². The first-order chi connectivity index (χ1) is 9.63. The lowest BCUT2D eigenvalue weighted by Gasteiger charge is -2.19. The van der Waals surface area contributed by atoms with Gasteiger partial charge in [-0.2, -0.15) is 0 Å². The van der Waals surface area contributed by atoms with Crippen LogP contribution in [-0.2, 0) is 4.74 Å². The summed E-state index contributed by atoms with van der Waals surface area (Å²) in [7, 11) is 1.96. The van der Waals surface area contributed by atoms with Crippen LogP contribution in [0, 0.1) is 5.41 Å². The average molecular weight is 272 g/mol. The Bertz CT molecular complexity index is 612. The van der Waals surface area contributed by atoms with Crippen molar-refractivity contribution in [3.63, 3.8) is 0 Å². The molecule has 5 nitrogen and oxygen atoms in total. The van der Waals surface area contributed by atoms with E-state index in [0.29, 0.717) is 18.8 Å². The first kappa shape index (κ1) is 14.3. The van der Waals surface area contributed by atoms with Crippen molar-refractivity contribution in [3.05, 3.63) is 35.9 Å². The summed E-state index contributed by atoms with van der Waals surface area (Å²) in [5.74, 6) is 0.858. The maximum Gasteiger partial charge on any atom is 0.129 e. The van der Waals surface area contributed by atoms with E-state index in [9.17, 15) is 0 Å². The molecule has 0 fully saturated rings. The first-order valence-electron chi connectivity index (χ1n) is 6.66. The highest BCUT2D eigenvalue weighted by molar-refractivity contribution is 6.07. The van der Waals surface area contributed by atoms with Gasteiger partial charge in [0.15, 0.2) is 0 Å². The lowest BCUT2D eigenvalue weighted by atomic mass is 10.1. The van der Waals surface area contributed by atoms with E-state index in [0.717, 1.165) is 23.3 Å². The highest BCUT2D eigenvalue weighted by atomic mass is 16.5. The van der Waals surface area contributed by atoms with Crippen LogP contribution in [-0.4, -0.2) is 37.6 Å². The number of fused-ring (bicyclic) bond motifs is 1. The van der Waals surface area contributed by atoms with E-state index in [1.807, 2.05) is 49.2 Å². The SMILES string of the molecule is CCOCCN(C)c1cc(C(=N)N)c2ccccc2n1. The zero-order valence-electron chi connectivity index (χ0n) is 11.9. The molecule has 0 saturated carbocycles. The van der Waals surface area contributed by atoms with Crippen LogP contribution in [0.25, 0.3) is 10.9 Å². The second-order valence-corrected chi connectivity index (χ2v) is 4.58. The van der Waals surface area contributed by atoms with Gasteiger partial charge in [0.1, 0.15) is 11.7 Å². The van der Waals surface area contributed by atoms with Gasteiger partial charge >= 0.3 is 0 Å². The molecule has 3 N–H and O–H groups in total. The average Bonchev–Trinajstić information content (AvgIpc) is 2.46. The molecule has 0 bridgehead atoms. The molecular weight excluding hydrogens is 252 g/mol. The number of anilines is 1. The number of rotatable bonds is 6. The Morgan fingerprint density at radius 1 is 1.40 bits per heavy atom. The molecule has 0 aliphatic rings. The van der Waals surface area contributed by atoms with Gasteiger partial charge in [0.25, 0.3) is 0 Å². The molecule has 20 heavy (non-hydrogen) atoms. The van der Waals surface area contributed by atoms with Crippen molar-refractivity contribution < 1.29 is 4.74 Å². The normalized spacial score (nSPS) is 10.7. The Morgan fingerprint density at radius 3 is 2.85 bits per heavy atom. The molecule has 5 heteroatoms. The molecular formula is C15H20N4O. The van der Waals surface area contributed by atoms with Gasteiger partial charge in [0.2, 0.25) is 0 Å². The fourth-order valence-corrected chi connectivity index (χ4v) is 2.04. The standard InChI is InChI=1S/C15H20N4O/c1-3-20-9-8-19(2)14-10-12(15(16)17)11-6-4-5-7-13(11)18-14/h4-7,10H,3,8-9H2,1-2H3,(H3,16,17). The van der Waals surface area contributed by atoms with Crippen LogP contribution in [0.1, 0.15) is 12.5 Å². The van der Waals surface area contributed by atoms with Crippen LogP contribution in [0.2, 0.25) is 0 Å². The Hall–Kier alpha value is -2.14. The molecule has 2 rings (SSSR count). The molecule has 1 aromatic carbocycles. The van der Waals surface area contributed by atoms with E-state index in [1.54, 1.807) is 0 Å². The minimum absolute atomic E-state index is 0.0584. The number of likely N-dealkylation sites (N-methyl/N-ethyl adjacent to an activating group) is 1. The predicted molar refractivity (Wildman–Crippen MR) is 82.5 cm³/mol. The molecule has 0 amide bonds. The molecule has 1 heterocycles. The maximum atomic E-state index is 7.73. The molecule has 0 aliphatic heterocycles. The Kier molecular flexibility index (Phi) is 4.53. The van der Waals surface area contributed by atoms with Gasteiger partial charge in [-0.1, -0.05) is 18.2 Å². The Balaban J connectivity index is 2.37. The van der Waals surface area contributed by atoms with Gasteiger partial charge in [-0.3, -0.25) is 5.41 Å². The molecule has 0 unspecified atom stereocenters. The summed E-state index contributed by atoms with van der Waals surface area (Å²) in [6.07, 6.45) is 0. The highest BCUT2D eigenvalue weighted by Crippen LogP contribution is 2.22. The number of hydrogen-bond acceptors (Lipinski definition) is 4. The van der Waals surface area contributed by atoms with E-state index in [1.165, 1.54) is 0 Å². The van der Waals surface area contributed by atoms with E-state index in [4.69, 9.17) is 15.9 Å². The van der Waals surface area contributed by atoms with Crippen LogP contribution in [0.15, 0.2) is 30.3 Å². The molecule has 0 radical (unpaired) electrons. The number of para-hydroxylation sites is 1. The topological polar surface area (TPSA) is 75.2 Å².